The first-order valence-corrected chi connectivity index (χ1v) is 7.74. The second kappa shape index (κ2) is 6.62. The molecule has 0 saturated carbocycles. The van der Waals surface area contributed by atoms with Crippen molar-refractivity contribution >= 4 is 29.3 Å². The van der Waals surface area contributed by atoms with Gasteiger partial charge in [0.15, 0.2) is 5.16 Å². The molecule has 0 atom stereocenters. The maximum Gasteiger partial charge on any atom is 0.276 e. The Bertz CT molecular complexity index is 598. The van der Waals surface area contributed by atoms with Gasteiger partial charge in [-0.25, -0.2) is 4.98 Å². The summed E-state index contributed by atoms with van der Waals surface area (Å²) < 4.78 is 5.36. The van der Waals surface area contributed by atoms with E-state index in [0.717, 1.165) is 12.2 Å². The summed E-state index contributed by atoms with van der Waals surface area (Å²) >= 11 is 2.86. The van der Waals surface area contributed by atoms with Crippen LogP contribution in [0.5, 0.6) is 0 Å². The molecule has 0 amide bonds. The molecule has 19 heavy (non-hydrogen) atoms. The Balaban J connectivity index is 1.78. The van der Waals surface area contributed by atoms with Gasteiger partial charge in [-0.3, -0.25) is 4.79 Å². The molecular formula is C10H13N5O2S2. The van der Waals surface area contributed by atoms with Crippen molar-refractivity contribution < 1.29 is 4.42 Å². The summed E-state index contributed by atoms with van der Waals surface area (Å²) in [5, 5.41) is 8.88. The van der Waals surface area contributed by atoms with E-state index in [4.69, 9.17) is 10.2 Å². The lowest BCUT2D eigenvalue weighted by atomic mass is 10.3. The van der Waals surface area contributed by atoms with E-state index in [-0.39, 0.29) is 11.4 Å². The summed E-state index contributed by atoms with van der Waals surface area (Å²) in [6.07, 6.45) is 3.43. The van der Waals surface area contributed by atoms with Gasteiger partial charge in [0.05, 0.1) is 0 Å². The molecule has 7 nitrogen and oxygen atoms in total. The smallest absolute Gasteiger partial charge is 0.276 e. The summed E-state index contributed by atoms with van der Waals surface area (Å²) in [6, 6.07) is 1.26. The molecule has 0 saturated heterocycles. The van der Waals surface area contributed by atoms with Gasteiger partial charge in [0.25, 0.3) is 10.8 Å². The Kier molecular flexibility index (Phi) is 4.86. The molecule has 9 heteroatoms. The van der Waals surface area contributed by atoms with Crippen LogP contribution in [0.2, 0.25) is 0 Å². The highest BCUT2D eigenvalue weighted by Crippen LogP contribution is 2.16. The third kappa shape index (κ3) is 4.28. The van der Waals surface area contributed by atoms with E-state index in [2.05, 4.69) is 20.2 Å². The van der Waals surface area contributed by atoms with Crippen molar-refractivity contribution in [2.45, 2.75) is 23.2 Å². The van der Waals surface area contributed by atoms with E-state index in [1.807, 2.05) is 6.26 Å². The fourth-order valence-electron chi connectivity index (χ4n) is 1.34. The number of aromatic nitrogens is 4. The number of H-pyrrole nitrogens is 1. The summed E-state index contributed by atoms with van der Waals surface area (Å²) in [4.78, 5) is 17.8. The van der Waals surface area contributed by atoms with Crippen LogP contribution in [0, 0.1) is 0 Å². The van der Waals surface area contributed by atoms with Crippen molar-refractivity contribution in [2.24, 2.45) is 0 Å². The van der Waals surface area contributed by atoms with Crippen LogP contribution < -0.4 is 11.3 Å². The van der Waals surface area contributed by atoms with Gasteiger partial charge >= 0.3 is 0 Å². The van der Waals surface area contributed by atoms with Crippen molar-refractivity contribution in [3.8, 4) is 0 Å². The number of hydrogen-bond acceptors (Lipinski definition) is 8. The Hall–Kier alpha value is -1.48. The van der Waals surface area contributed by atoms with Crippen LogP contribution in [0.15, 0.2) is 25.7 Å². The number of nitrogens with zero attached hydrogens (tertiary/aromatic N) is 3. The van der Waals surface area contributed by atoms with Crippen LogP contribution in [0.1, 0.15) is 12.3 Å². The Morgan fingerprint density at radius 2 is 2.32 bits per heavy atom. The monoisotopic (exact) mass is 299 g/mol. The van der Waals surface area contributed by atoms with E-state index in [0.29, 0.717) is 22.7 Å². The van der Waals surface area contributed by atoms with E-state index >= 15 is 0 Å². The Morgan fingerprint density at radius 1 is 1.47 bits per heavy atom. The molecule has 3 N–H and O–H groups in total. The lowest BCUT2D eigenvalue weighted by molar-refractivity contribution is 0.412. The zero-order valence-electron chi connectivity index (χ0n) is 10.3. The van der Waals surface area contributed by atoms with Crippen LogP contribution in [-0.2, 0) is 6.42 Å². The fourth-order valence-corrected chi connectivity index (χ4v) is 2.46. The second-order valence-electron chi connectivity index (χ2n) is 3.59. The summed E-state index contributed by atoms with van der Waals surface area (Å²) in [5.74, 6) is 1.63. The first-order chi connectivity index (χ1) is 9.17. The van der Waals surface area contributed by atoms with Crippen LogP contribution in [-0.4, -0.2) is 32.2 Å². The van der Waals surface area contributed by atoms with Gasteiger partial charge in [-0.1, -0.05) is 23.5 Å². The molecule has 0 aliphatic heterocycles. The molecule has 0 aromatic carbocycles. The second-order valence-corrected chi connectivity index (χ2v) is 5.43. The summed E-state index contributed by atoms with van der Waals surface area (Å²) in [5.41, 5.74) is 5.25. The molecule has 0 aliphatic rings. The largest absolute Gasteiger partial charge is 0.416 e. The minimum atomic E-state index is -0.239. The van der Waals surface area contributed by atoms with E-state index in [1.165, 1.54) is 29.6 Å². The van der Waals surface area contributed by atoms with Gasteiger partial charge in [-0.2, -0.15) is 0 Å². The third-order valence-corrected chi connectivity index (χ3v) is 3.61. The van der Waals surface area contributed by atoms with Gasteiger partial charge in [0, 0.05) is 18.2 Å². The Morgan fingerprint density at radius 3 is 3.00 bits per heavy atom. The quantitative estimate of drug-likeness (QED) is 0.465. The number of rotatable bonds is 6. The SMILES string of the molecule is CSc1nnc(CCCSc2nc(N)cc(=O)[nH]2)o1. The van der Waals surface area contributed by atoms with Gasteiger partial charge < -0.3 is 15.1 Å². The van der Waals surface area contributed by atoms with Gasteiger partial charge in [0.1, 0.15) is 5.82 Å². The number of aryl methyl sites for hydroxylation is 1. The molecule has 0 radical (unpaired) electrons. The van der Waals surface area contributed by atoms with Gasteiger partial charge in [0.2, 0.25) is 5.89 Å². The fraction of sp³-hybridized carbons (Fsp3) is 0.400. The normalized spacial score (nSPS) is 10.8. The molecule has 2 heterocycles. The number of hydrogen-bond donors (Lipinski definition) is 2. The van der Waals surface area contributed by atoms with Crippen LogP contribution in [0.3, 0.4) is 0 Å². The molecule has 0 aliphatic carbocycles. The number of nitrogen functional groups attached to an aromatic ring is 1. The Labute approximate surface area is 117 Å². The summed E-state index contributed by atoms with van der Waals surface area (Å²) in [7, 11) is 0. The van der Waals surface area contributed by atoms with E-state index in [1.54, 1.807) is 0 Å². The number of thioether (sulfide) groups is 2. The van der Waals surface area contributed by atoms with Crippen molar-refractivity contribution in [3.63, 3.8) is 0 Å². The minimum absolute atomic E-state index is 0.229. The maximum absolute atomic E-state index is 11.2. The zero-order valence-corrected chi connectivity index (χ0v) is 11.9. The molecule has 0 bridgehead atoms. The van der Waals surface area contributed by atoms with E-state index < -0.39 is 0 Å². The number of anilines is 1. The van der Waals surface area contributed by atoms with Crippen LogP contribution in [0.25, 0.3) is 0 Å². The number of aromatic amines is 1. The predicted octanol–water partition coefficient (Wildman–Crippen LogP) is 1.18. The van der Waals surface area contributed by atoms with Crippen molar-refractivity contribution in [3.05, 3.63) is 22.3 Å². The molecule has 0 spiro atoms. The third-order valence-electron chi connectivity index (χ3n) is 2.14. The first-order valence-electron chi connectivity index (χ1n) is 5.53. The number of nitrogens with two attached hydrogens (primary N) is 1. The lowest BCUT2D eigenvalue weighted by Gasteiger charge is -2.00. The zero-order chi connectivity index (χ0) is 13.7. The van der Waals surface area contributed by atoms with E-state index in [9.17, 15) is 4.79 Å². The standard InChI is InChI=1S/C10H13N5O2S2/c1-18-10-15-14-8(17-10)3-2-4-19-9-12-6(11)5-7(16)13-9/h5H,2-4H2,1H3,(H3,11,12,13,16). The van der Waals surface area contributed by atoms with Crippen molar-refractivity contribution in [1.29, 1.82) is 0 Å². The maximum atomic E-state index is 11.2. The van der Waals surface area contributed by atoms with Gasteiger partial charge in [-0.05, 0) is 12.7 Å². The summed E-state index contributed by atoms with van der Waals surface area (Å²) in [6.45, 7) is 0. The molecule has 0 fully saturated rings. The van der Waals surface area contributed by atoms with Crippen molar-refractivity contribution in [1.82, 2.24) is 20.2 Å². The molecule has 102 valence electrons. The topological polar surface area (TPSA) is 111 Å². The van der Waals surface area contributed by atoms with Crippen LogP contribution >= 0.6 is 23.5 Å². The molecule has 0 unspecified atom stereocenters. The average molecular weight is 299 g/mol. The highest BCUT2D eigenvalue weighted by Gasteiger charge is 2.05. The lowest BCUT2D eigenvalue weighted by Crippen LogP contribution is -2.09. The van der Waals surface area contributed by atoms with Crippen LogP contribution in [0.4, 0.5) is 5.82 Å². The molecule has 2 rings (SSSR count). The average Bonchev–Trinajstić information content (AvgIpc) is 2.81. The minimum Gasteiger partial charge on any atom is -0.416 e. The van der Waals surface area contributed by atoms with Crippen molar-refractivity contribution in [2.75, 3.05) is 17.7 Å². The highest BCUT2D eigenvalue weighted by molar-refractivity contribution is 7.99. The molecule has 2 aromatic rings. The molecule has 2 aromatic heterocycles. The highest BCUT2D eigenvalue weighted by atomic mass is 32.2. The molecular weight excluding hydrogens is 286 g/mol. The number of nitrogens with one attached hydrogen (secondary N) is 1. The van der Waals surface area contributed by atoms with Gasteiger partial charge in [-0.15, -0.1) is 10.2 Å². The predicted molar refractivity (Wildman–Crippen MR) is 74.4 cm³/mol. The first kappa shape index (κ1) is 13.9.